The molecule has 4 nitrogen and oxygen atoms in total. The molecule has 1 aromatic rings. The summed E-state index contributed by atoms with van der Waals surface area (Å²) in [7, 11) is 1.62. The Morgan fingerprint density at radius 3 is 2.55 bits per heavy atom. The number of hydrogen-bond acceptors (Lipinski definition) is 3. The van der Waals surface area contributed by atoms with Crippen molar-refractivity contribution in [3.63, 3.8) is 0 Å². The summed E-state index contributed by atoms with van der Waals surface area (Å²) in [5, 5.41) is 9.62. The SMILES string of the molecule is CCC(CC)N(CCOC)C(=O)c1ccc(O)c(Cl)c1. The van der Waals surface area contributed by atoms with E-state index in [0.29, 0.717) is 18.7 Å². The molecule has 0 atom stereocenters. The number of aromatic hydroxyl groups is 1. The Hall–Kier alpha value is -1.26. The molecule has 0 saturated carbocycles. The van der Waals surface area contributed by atoms with Crippen molar-refractivity contribution in [2.45, 2.75) is 32.7 Å². The number of ether oxygens (including phenoxy) is 1. The summed E-state index contributed by atoms with van der Waals surface area (Å²) in [5.74, 6) is -0.105. The number of nitrogens with zero attached hydrogens (tertiary/aromatic N) is 1. The number of benzene rings is 1. The van der Waals surface area contributed by atoms with Crippen LogP contribution in [0.3, 0.4) is 0 Å². The monoisotopic (exact) mass is 299 g/mol. The second-order valence-corrected chi connectivity index (χ2v) is 5.04. The minimum absolute atomic E-state index is 0.0193. The topological polar surface area (TPSA) is 49.8 Å². The molecule has 5 heteroatoms. The van der Waals surface area contributed by atoms with E-state index in [1.54, 1.807) is 13.2 Å². The third kappa shape index (κ3) is 4.12. The van der Waals surface area contributed by atoms with Gasteiger partial charge in [-0.3, -0.25) is 4.79 Å². The molecule has 1 rings (SSSR count). The molecule has 0 bridgehead atoms. The molecule has 20 heavy (non-hydrogen) atoms. The van der Waals surface area contributed by atoms with Gasteiger partial charge in [0, 0.05) is 25.3 Å². The van der Waals surface area contributed by atoms with E-state index >= 15 is 0 Å². The molecule has 0 radical (unpaired) electrons. The number of rotatable bonds is 7. The highest BCUT2D eigenvalue weighted by atomic mass is 35.5. The van der Waals surface area contributed by atoms with E-state index < -0.39 is 0 Å². The van der Waals surface area contributed by atoms with Gasteiger partial charge in [-0.15, -0.1) is 0 Å². The van der Waals surface area contributed by atoms with Gasteiger partial charge in [0.25, 0.3) is 5.91 Å². The molecular formula is C15H22ClNO3. The highest BCUT2D eigenvalue weighted by Gasteiger charge is 2.22. The van der Waals surface area contributed by atoms with Crippen LogP contribution in [0.2, 0.25) is 5.02 Å². The van der Waals surface area contributed by atoms with Crippen molar-refractivity contribution in [3.8, 4) is 5.75 Å². The Kier molecular flexibility index (Phi) is 6.82. The lowest BCUT2D eigenvalue weighted by Crippen LogP contribution is -2.41. The highest BCUT2D eigenvalue weighted by Crippen LogP contribution is 2.25. The second-order valence-electron chi connectivity index (χ2n) is 4.63. The van der Waals surface area contributed by atoms with Crippen LogP contribution in [0.4, 0.5) is 0 Å². The van der Waals surface area contributed by atoms with E-state index in [4.69, 9.17) is 16.3 Å². The van der Waals surface area contributed by atoms with Gasteiger partial charge in [0.05, 0.1) is 11.6 Å². The summed E-state index contributed by atoms with van der Waals surface area (Å²) in [5.41, 5.74) is 0.482. The van der Waals surface area contributed by atoms with E-state index in [1.807, 2.05) is 4.90 Å². The minimum Gasteiger partial charge on any atom is -0.506 e. The van der Waals surface area contributed by atoms with Crippen LogP contribution in [0, 0.1) is 0 Å². The van der Waals surface area contributed by atoms with Crippen LogP contribution in [-0.2, 0) is 4.74 Å². The molecule has 0 unspecified atom stereocenters. The molecule has 0 saturated heterocycles. The average Bonchev–Trinajstić information content (AvgIpc) is 2.45. The zero-order valence-electron chi connectivity index (χ0n) is 12.2. The first-order valence-electron chi connectivity index (χ1n) is 6.83. The maximum atomic E-state index is 12.6. The number of carbonyl (C=O) groups is 1. The first-order chi connectivity index (χ1) is 9.54. The smallest absolute Gasteiger partial charge is 0.254 e. The third-order valence-corrected chi connectivity index (χ3v) is 3.68. The Balaban J connectivity index is 2.99. The number of carbonyl (C=O) groups excluding carboxylic acids is 1. The van der Waals surface area contributed by atoms with Crippen molar-refractivity contribution in [2.75, 3.05) is 20.3 Å². The number of hydrogen-bond donors (Lipinski definition) is 1. The predicted molar refractivity (Wildman–Crippen MR) is 80.4 cm³/mol. The molecule has 112 valence electrons. The first kappa shape index (κ1) is 16.8. The fraction of sp³-hybridized carbons (Fsp3) is 0.533. The van der Waals surface area contributed by atoms with Gasteiger partial charge in [-0.25, -0.2) is 0 Å². The van der Waals surface area contributed by atoms with Gasteiger partial charge >= 0.3 is 0 Å². The molecule has 0 aromatic heterocycles. The molecule has 0 heterocycles. The van der Waals surface area contributed by atoms with Crippen LogP contribution >= 0.6 is 11.6 Å². The molecule has 0 aliphatic heterocycles. The number of phenols is 1. The Morgan fingerprint density at radius 1 is 1.40 bits per heavy atom. The van der Waals surface area contributed by atoms with Crippen LogP contribution in [0.1, 0.15) is 37.0 Å². The van der Waals surface area contributed by atoms with Gasteiger partial charge < -0.3 is 14.7 Å². The Labute approximate surface area is 125 Å². The van der Waals surface area contributed by atoms with Gasteiger partial charge in [-0.2, -0.15) is 0 Å². The molecule has 1 N–H and O–H groups in total. The van der Waals surface area contributed by atoms with Crippen molar-refractivity contribution in [2.24, 2.45) is 0 Å². The van der Waals surface area contributed by atoms with Crippen LogP contribution in [0.5, 0.6) is 5.75 Å². The van der Waals surface area contributed by atoms with Crippen molar-refractivity contribution >= 4 is 17.5 Å². The summed E-state index contributed by atoms with van der Waals surface area (Å²) in [6, 6.07) is 4.70. The molecule has 1 amide bonds. The summed E-state index contributed by atoms with van der Waals surface area (Å²) in [6.45, 7) is 5.16. The van der Waals surface area contributed by atoms with Crippen LogP contribution < -0.4 is 0 Å². The van der Waals surface area contributed by atoms with Crippen molar-refractivity contribution in [3.05, 3.63) is 28.8 Å². The maximum Gasteiger partial charge on any atom is 0.254 e. The lowest BCUT2D eigenvalue weighted by atomic mass is 10.1. The maximum absolute atomic E-state index is 12.6. The lowest BCUT2D eigenvalue weighted by molar-refractivity contribution is 0.0589. The first-order valence-corrected chi connectivity index (χ1v) is 7.21. The van der Waals surface area contributed by atoms with E-state index in [0.717, 1.165) is 12.8 Å². The number of methoxy groups -OCH3 is 1. The average molecular weight is 300 g/mol. The molecular weight excluding hydrogens is 278 g/mol. The summed E-state index contributed by atoms with van der Waals surface area (Å²) in [4.78, 5) is 14.4. The second kappa shape index (κ2) is 8.12. The number of phenolic OH excluding ortho intramolecular Hbond substituents is 1. The number of amides is 1. The van der Waals surface area contributed by atoms with Gasteiger partial charge in [0.1, 0.15) is 5.75 Å². The van der Waals surface area contributed by atoms with Gasteiger partial charge in [-0.05, 0) is 31.0 Å². The minimum atomic E-state index is -0.0855. The summed E-state index contributed by atoms with van der Waals surface area (Å²) in [6.07, 6.45) is 1.77. The Morgan fingerprint density at radius 2 is 2.05 bits per heavy atom. The third-order valence-electron chi connectivity index (χ3n) is 3.38. The normalized spacial score (nSPS) is 10.8. The van der Waals surface area contributed by atoms with Crippen LogP contribution in [0.15, 0.2) is 18.2 Å². The van der Waals surface area contributed by atoms with E-state index in [9.17, 15) is 9.90 Å². The van der Waals surface area contributed by atoms with E-state index in [2.05, 4.69) is 13.8 Å². The summed E-state index contributed by atoms with van der Waals surface area (Å²) >= 11 is 5.87. The van der Waals surface area contributed by atoms with Gasteiger partial charge in [0.2, 0.25) is 0 Å². The molecule has 0 aliphatic carbocycles. The molecule has 0 fully saturated rings. The van der Waals surface area contributed by atoms with Crippen LogP contribution in [0.25, 0.3) is 0 Å². The Bertz CT molecular complexity index is 447. The summed E-state index contributed by atoms with van der Waals surface area (Å²) < 4.78 is 5.08. The molecule has 1 aromatic carbocycles. The highest BCUT2D eigenvalue weighted by molar-refractivity contribution is 6.32. The quantitative estimate of drug-likeness (QED) is 0.840. The van der Waals surface area contributed by atoms with Gasteiger partial charge in [0.15, 0.2) is 0 Å². The van der Waals surface area contributed by atoms with Gasteiger partial charge in [-0.1, -0.05) is 25.4 Å². The van der Waals surface area contributed by atoms with Crippen molar-refractivity contribution in [1.82, 2.24) is 4.90 Å². The van der Waals surface area contributed by atoms with Crippen molar-refractivity contribution in [1.29, 1.82) is 0 Å². The fourth-order valence-electron chi connectivity index (χ4n) is 2.17. The molecule has 0 spiro atoms. The molecule has 0 aliphatic rings. The zero-order valence-corrected chi connectivity index (χ0v) is 13.0. The van der Waals surface area contributed by atoms with Crippen LogP contribution in [-0.4, -0.2) is 42.2 Å². The van der Waals surface area contributed by atoms with E-state index in [1.165, 1.54) is 12.1 Å². The predicted octanol–water partition coefficient (Wildman–Crippen LogP) is 3.32. The number of halogens is 1. The lowest BCUT2D eigenvalue weighted by Gasteiger charge is -2.30. The zero-order chi connectivity index (χ0) is 15.1. The standard InChI is InChI=1S/C15H22ClNO3/c1-4-12(5-2)17(8-9-20-3)15(19)11-6-7-14(18)13(16)10-11/h6-7,10,12,18H,4-5,8-9H2,1-3H3. The van der Waals surface area contributed by atoms with E-state index in [-0.39, 0.29) is 22.7 Å². The fourth-order valence-corrected chi connectivity index (χ4v) is 2.36. The van der Waals surface area contributed by atoms with Crippen molar-refractivity contribution < 1.29 is 14.6 Å². The largest absolute Gasteiger partial charge is 0.506 e.